The number of piperidine rings is 1. The van der Waals surface area contributed by atoms with Crippen LogP contribution in [-0.4, -0.2) is 47.2 Å². The molecule has 5 nitrogen and oxygen atoms in total. The third kappa shape index (κ3) is 4.38. The second-order valence-corrected chi connectivity index (χ2v) is 6.71. The Bertz CT molecular complexity index is 750. The highest BCUT2D eigenvalue weighted by atomic mass is 35.5. The normalized spacial score (nSPS) is 18.3. The zero-order valence-corrected chi connectivity index (χ0v) is 14.9. The summed E-state index contributed by atoms with van der Waals surface area (Å²) in [5, 5.41) is 4.78. The summed E-state index contributed by atoms with van der Waals surface area (Å²) < 4.78 is 20.6. The third-order valence-electron chi connectivity index (χ3n) is 4.56. The van der Waals surface area contributed by atoms with E-state index >= 15 is 0 Å². The Morgan fingerprint density at radius 1 is 1.44 bits per heavy atom. The fraction of sp³-hybridized carbons (Fsp3) is 0.444. The lowest BCUT2D eigenvalue weighted by Gasteiger charge is -2.32. The van der Waals surface area contributed by atoms with Gasteiger partial charge in [-0.1, -0.05) is 11.6 Å². The van der Waals surface area contributed by atoms with Gasteiger partial charge in [0.25, 0.3) is 0 Å². The number of aromatic nitrogens is 2. The van der Waals surface area contributed by atoms with E-state index in [1.54, 1.807) is 23.1 Å². The first-order valence-electron chi connectivity index (χ1n) is 8.35. The number of nitrogens with zero attached hydrogens (tertiary/aromatic N) is 3. The van der Waals surface area contributed by atoms with Crippen LogP contribution in [0.2, 0.25) is 5.02 Å². The van der Waals surface area contributed by atoms with Crippen molar-refractivity contribution in [2.24, 2.45) is 5.92 Å². The third-order valence-corrected chi connectivity index (χ3v) is 4.75. The lowest BCUT2D eigenvalue weighted by atomic mass is 9.90. The van der Waals surface area contributed by atoms with E-state index < -0.39 is 5.82 Å². The monoisotopic (exact) mass is 365 g/mol. The van der Waals surface area contributed by atoms with E-state index in [9.17, 15) is 9.18 Å². The van der Waals surface area contributed by atoms with Crippen LogP contribution < -0.4 is 4.74 Å². The smallest absolute Gasteiger partial charge is 0.167 e. The topological polar surface area (TPSA) is 47.4 Å². The van der Waals surface area contributed by atoms with E-state index in [1.807, 2.05) is 0 Å². The van der Waals surface area contributed by atoms with Gasteiger partial charge in [-0.05, 0) is 37.6 Å². The van der Waals surface area contributed by atoms with Gasteiger partial charge in [-0.2, -0.15) is 5.10 Å². The molecule has 2 heterocycles. The van der Waals surface area contributed by atoms with Crippen LogP contribution in [0.15, 0.2) is 30.6 Å². The van der Waals surface area contributed by atoms with E-state index in [1.165, 1.54) is 19.2 Å². The van der Waals surface area contributed by atoms with Crippen molar-refractivity contribution in [1.82, 2.24) is 14.7 Å². The molecule has 1 atom stereocenters. The Morgan fingerprint density at radius 2 is 2.28 bits per heavy atom. The van der Waals surface area contributed by atoms with Gasteiger partial charge in [-0.15, -0.1) is 0 Å². The Morgan fingerprint density at radius 3 is 2.96 bits per heavy atom. The first-order chi connectivity index (χ1) is 12.1. The molecule has 0 spiro atoms. The largest absolute Gasteiger partial charge is 0.494 e. The van der Waals surface area contributed by atoms with Crippen molar-refractivity contribution in [1.29, 1.82) is 0 Å². The summed E-state index contributed by atoms with van der Waals surface area (Å²) >= 11 is 5.87. The predicted molar refractivity (Wildman–Crippen MR) is 93.7 cm³/mol. The number of ketones is 1. The molecular formula is C18H21ClFN3O2. The van der Waals surface area contributed by atoms with Gasteiger partial charge in [-0.25, -0.2) is 4.39 Å². The van der Waals surface area contributed by atoms with Crippen molar-refractivity contribution in [3.8, 4) is 5.75 Å². The molecule has 0 bridgehead atoms. The van der Waals surface area contributed by atoms with Crippen LogP contribution in [-0.2, 0) is 6.54 Å². The number of hydrogen-bond donors (Lipinski definition) is 0. The van der Waals surface area contributed by atoms with Gasteiger partial charge >= 0.3 is 0 Å². The number of ether oxygens (including phenoxy) is 1. The second-order valence-electron chi connectivity index (χ2n) is 6.27. The summed E-state index contributed by atoms with van der Waals surface area (Å²) in [6.45, 7) is 3.17. The van der Waals surface area contributed by atoms with Crippen LogP contribution >= 0.6 is 11.6 Å². The molecule has 1 saturated heterocycles. The summed E-state index contributed by atoms with van der Waals surface area (Å²) in [7, 11) is 1.41. The zero-order valence-electron chi connectivity index (χ0n) is 14.1. The molecule has 0 unspecified atom stereocenters. The molecule has 7 heteroatoms. The van der Waals surface area contributed by atoms with Gasteiger partial charge in [0, 0.05) is 30.8 Å². The number of methoxy groups -OCH3 is 1. The van der Waals surface area contributed by atoms with E-state index in [4.69, 9.17) is 16.3 Å². The quantitative estimate of drug-likeness (QED) is 0.737. The van der Waals surface area contributed by atoms with Crippen molar-refractivity contribution in [3.63, 3.8) is 0 Å². The number of carbonyl (C=O) groups excluding carboxylic acids is 1. The number of rotatable bonds is 6. The highest BCUT2D eigenvalue weighted by molar-refractivity contribution is 6.30. The molecule has 0 saturated carbocycles. The number of Topliss-reactive ketones (excluding diaryl/α,β-unsaturated/α-hetero) is 1. The minimum absolute atomic E-state index is 0.00612. The molecule has 0 radical (unpaired) electrons. The molecule has 2 aromatic rings. The molecule has 0 amide bonds. The zero-order chi connectivity index (χ0) is 17.8. The van der Waals surface area contributed by atoms with Gasteiger partial charge in [0.2, 0.25) is 0 Å². The number of carbonyl (C=O) groups is 1. The summed E-state index contributed by atoms with van der Waals surface area (Å²) in [6.07, 6.45) is 5.18. The molecule has 0 N–H and O–H groups in total. The number of halogens is 2. The molecule has 0 aliphatic carbocycles. The number of benzene rings is 1. The Balaban J connectivity index is 1.60. The van der Waals surface area contributed by atoms with Crippen LogP contribution in [0.25, 0.3) is 0 Å². The molecule has 1 aromatic carbocycles. The summed E-state index contributed by atoms with van der Waals surface area (Å²) in [4.78, 5) is 15.0. The molecular weight excluding hydrogens is 345 g/mol. The maximum absolute atomic E-state index is 13.9. The maximum Gasteiger partial charge on any atom is 0.167 e. The molecule has 1 aromatic heterocycles. The van der Waals surface area contributed by atoms with Crippen LogP contribution in [0.1, 0.15) is 23.2 Å². The minimum atomic E-state index is -0.503. The van der Waals surface area contributed by atoms with Crippen molar-refractivity contribution in [2.45, 2.75) is 19.4 Å². The SMILES string of the molecule is COc1ccc(C(=O)[C@@H]2CCCN(CCn3cc(Cl)cn3)C2)cc1F. The predicted octanol–water partition coefficient (Wildman–Crippen LogP) is 3.28. The Hall–Kier alpha value is -1.92. The molecule has 134 valence electrons. The van der Waals surface area contributed by atoms with Gasteiger partial charge in [0.1, 0.15) is 0 Å². The minimum Gasteiger partial charge on any atom is -0.494 e. The van der Waals surface area contributed by atoms with Gasteiger partial charge in [-0.3, -0.25) is 9.48 Å². The fourth-order valence-electron chi connectivity index (χ4n) is 3.23. The maximum atomic E-state index is 13.9. The van der Waals surface area contributed by atoms with E-state index in [2.05, 4.69) is 10.00 Å². The van der Waals surface area contributed by atoms with Gasteiger partial charge < -0.3 is 9.64 Å². The van der Waals surface area contributed by atoms with Crippen LogP contribution in [0.3, 0.4) is 0 Å². The van der Waals surface area contributed by atoms with E-state index in [-0.39, 0.29) is 17.5 Å². The molecule has 3 rings (SSSR count). The average molecular weight is 366 g/mol. The molecule has 1 fully saturated rings. The van der Waals surface area contributed by atoms with Crippen molar-refractivity contribution < 1.29 is 13.9 Å². The lowest BCUT2D eigenvalue weighted by Crippen LogP contribution is -2.40. The van der Waals surface area contributed by atoms with Crippen molar-refractivity contribution in [3.05, 3.63) is 47.0 Å². The van der Waals surface area contributed by atoms with Gasteiger partial charge in [0.05, 0.1) is 24.9 Å². The lowest BCUT2D eigenvalue weighted by molar-refractivity contribution is 0.0814. The van der Waals surface area contributed by atoms with E-state index in [0.717, 1.165) is 32.5 Å². The van der Waals surface area contributed by atoms with Crippen LogP contribution in [0.4, 0.5) is 4.39 Å². The van der Waals surface area contributed by atoms with Crippen molar-refractivity contribution >= 4 is 17.4 Å². The average Bonchev–Trinajstić information content (AvgIpc) is 3.05. The first-order valence-corrected chi connectivity index (χ1v) is 8.72. The Kier molecular flexibility index (Phi) is 5.71. The standard InChI is InChI=1S/C18H21ClFN3O2/c1-25-17-5-4-13(9-16(17)20)18(24)14-3-2-6-22(11-14)7-8-23-12-15(19)10-21-23/h4-5,9-10,12,14H,2-3,6-8,11H2,1H3/t14-/m1/s1. The number of likely N-dealkylation sites (tertiary alicyclic amines) is 1. The fourth-order valence-corrected chi connectivity index (χ4v) is 3.39. The molecule has 1 aliphatic rings. The second kappa shape index (κ2) is 7.97. The number of hydrogen-bond acceptors (Lipinski definition) is 4. The molecule has 25 heavy (non-hydrogen) atoms. The van der Waals surface area contributed by atoms with Crippen LogP contribution in [0.5, 0.6) is 5.75 Å². The Labute approximate surface area is 151 Å². The van der Waals surface area contributed by atoms with E-state index in [0.29, 0.717) is 17.1 Å². The highest BCUT2D eigenvalue weighted by Gasteiger charge is 2.27. The molecule has 1 aliphatic heterocycles. The first kappa shape index (κ1) is 17.9. The highest BCUT2D eigenvalue weighted by Crippen LogP contribution is 2.24. The summed E-state index contributed by atoms with van der Waals surface area (Å²) in [5.41, 5.74) is 0.406. The van der Waals surface area contributed by atoms with Gasteiger partial charge in [0.15, 0.2) is 17.3 Å². The van der Waals surface area contributed by atoms with Crippen molar-refractivity contribution in [2.75, 3.05) is 26.7 Å². The summed E-state index contributed by atoms with van der Waals surface area (Å²) in [6, 6.07) is 4.41. The van der Waals surface area contributed by atoms with Crippen LogP contribution in [0, 0.1) is 11.7 Å². The summed E-state index contributed by atoms with van der Waals surface area (Å²) in [5.74, 6) is -0.465.